The van der Waals surface area contributed by atoms with Crippen molar-refractivity contribution in [1.29, 1.82) is 0 Å². The average Bonchev–Trinajstić information content (AvgIpc) is 2.55. The first-order chi connectivity index (χ1) is 11.8. The van der Waals surface area contributed by atoms with Crippen LogP contribution < -0.4 is 14.8 Å². The summed E-state index contributed by atoms with van der Waals surface area (Å²) in [4.78, 5) is 12.2. The van der Waals surface area contributed by atoms with E-state index in [4.69, 9.17) is 4.74 Å². The molecule has 0 radical (unpaired) electrons. The van der Waals surface area contributed by atoms with Gasteiger partial charge in [-0.25, -0.2) is 17.5 Å². The van der Waals surface area contributed by atoms with Crippen LogP contribution in [0, 0.1) is 5.82 Å². The lowest BCUT2D eigenvalue weighted by Crippen LogP contribution is -2.30. The molecule has 2 aromatic carbocycles. The number of anilines is 1. The molecule has 2 N–H and O–H groups in total. The van der Waals surface area contributed by atoms with Crippen LogP contribution in [0.5, 0.6) is 5.75 Å². The Bertz CT molecular complexity index is 821. The van der Waals surface area contributed by atoms with Crippen LogP contribution in [-0.2, 0) is 14.8 Å². The lowest BCUT2D eigenvalue weighted by Gasteiger charge is -2.18. The fourth-order valence-electron chi connectivity index (χ4n) is 2.25. The highest BCUT2D eigenvalue weighted by molar-refractivity contribution is 7.88. The minimum atomic E-state index is -3.52. The van der Waals surface area contributed by atoms with Crippen LogP contribution in [-0.4, -0.2) is 27.7 Å². The third kappa shape index (κ3) is 6.17. The van der Waals surface area contributed by atoms with Crippen LogP contribution in [0.2, 0.25) is 0 Å². The average molecular weight is 366 g/mol. The Morgan fingerprint density at radius 3 is 2.24 bits per heavy atom. The molecule has 0 saturated carbocycles. The van der Waals surface area contributed by atoms with Crippen molar-refractivity contribution in [2.24, 2.45) is 0 Å². The first-order valence-electron chi connectivity index (χ1n) is 7.43. The van der Waals surface area contributed by atoms with E-state index in [1.165, 1.54) is 31.4 Å². The fourth-order valence-corrected chi connectivity index (χ4v) is 2.99. The highest BCUT2D eigenvalue weighted by atomic mass is 32.2. The number of halogens is 1. The normalized spacial score (nSPS) is 12.4. The Balaban J connectivity index is 2.14. The molecule has 2 aromatic rings. The van der Waals surface area contributed by atoms with E-state index in [0.717, 1.165) is 6.26 Å². The van der Waals surface area contributed by atoms with Gasteiger partial charge < -0.3 is 10.1 Å². The minimum Gasteiger partial charge on any atom is -0.497 e. The number of amides is 1. The van der Waals surface area contributed by atoms with Gasteiger partial charge in [0.25, 0.3) is 0 Å². The minimum absolute atomic E-state index is 0.114. The van der Waals surface area contributed by atoms with Crippen LogP contribution in [0.3, 0.4) is 0 Å². The summed E-state index contributed by atoms with van der Waals surface area (Å²) in [6, 6.07) is 11.3. The molecule has 0 bridgehead atoms. The van der Waals surface area contributed by atoms with Crippen LogP contribution >= 0.6 is 0 Å². The van der Waals surface area contributed by atoms with Crippen molar-refractivity contribution in [2.45, 2.75) is 12.5 Å². The van der Waals surface area contributed by atoms with Crippen molar-refractivity contribution in [2.75, 3.05) is 18.7 Å². The van der Waals surface area contributed by atoms with Gasteiger partial charge in [0.1, 0.15) is 11.6 Å². The second-order valence-corrected chi connectivity index (χ2v) is 7.25. The van der Waals surface area contributed by atoms with Gasteiger partial charge in [0.2, 0.25) is 15.9 Å². The van der Waals surface area contributed by atoms with Gasteiger partial charge in [0, 0.05) is 12.1 Å². The number of ether oxygens (including phenoxy) is 1. The first-order valence-corrected chi connectivity index (χ1v) is 9.32. The van der Waals surface area contributed by atoms with Crippen molar-refractivity contribution in [3.8, 4) is 5.75 Å². The van der Waals surface area contributed by atoms with E-state index in [9.17, 15) is 17.6 Å². The molecule has 25 heavy (non-hydrogen) atoms. The SMILES string of the molecule is COc1ccc(C(CC(=O)Nc2ccc(F)cc2)NS(C)(=O)=O)cc1. The van der Waals surface area contributed by atoms with E-state index in [-0.39, 0.29) is 6.42 Å². The zero-order valence-electron chi connectivity index (χ0n) is 13.8. The van der Waals surface area contributed by atoms with E-state index < -0.39 is 27.8 Å². The van der Waals surface area contributed by atoms with Gasteiger partial charge in [-0.2, -0.15) is 0 Å². The molecular formula is C17H19FN2O4S. The third-order valence-corrected chi connectivity index (χ3v) is 4.10. The summed E-state index contributed by atoms with van der Waals surface area (Å²) >= 11 is 0. The number of carbonyl (C=O) groups excluding carboxylic acids is 1. The summed E-state index contributed by atoms with van der Waals surface area (Å²) in [5.74, 6) is -0.186. The zero-order chi connectivity index (χ0) is 18.4. The van der Waals surface area contributed by atoms with Crippen LogP contribution in [0.15, 0.2) is 48.5 Å². The summed E-state index contributed by atoms with van der Waals surface area (Å²) in [6.07, 6.45) is 0.915. The molecule has 1 amide bonds. The molecule has 8 heteroatoms. The van der Waals surface area contributed by atoms with Gasteiger partial charge in [0.15, 0.2) is 0 Å². The summed E-state index contributed by atoms with van der Waals surface area (Å²) in [7, 11) is -2.00. The summed E-state index contributed by atoms with van der Waals surface area (Å²) in [5, 5.41) is 2.61. The first kappa shape index (κ1) is 18.9. The molecule has 1 unspecified atom stereocenters. The van der Waals surface area contributed by atoms with Crippen molar-refractivity contribution >= 4 is 21.6 Å². The number of rotatable bonds is 7. The summed E-state index contributed by atoms with van der Waals surface area (Å²) in [6.45, 7) is 0. The third-order valence-electron chi connectivity index (χ3n) is 3.39. The fraction of sp³-hybridized carbons (Fsp3) is 0.235. The van der Waals surface area contributed by atoms with E-state index in [0.29, 0.717) is 17.0 Å². The van der Waals surface area contributed by atoms with E-state index in [2.05, 4.69) is 10.0 Å². The van der Waals surface area contributed by atoms with E-state index in [1.54, 1.807) is 24.3 Å². The molecule has 0 aromatic heterocycles. The van der Waals surface area contributed by atoms with Gasteiger partial charge >= 0.3 is 0 Å². The van der Waals surface area contributed by atoms with E-state index >= 15 is 0 Å². The van der Waals surface area contributed by atoms with Gasteiger partial charge in [-0.3, -0.25) is 4.79 Å². The van der Waals surface area contributed by atoms with Crippen molar-refractivity contribution in [1.82, 2.24) is 4.72 Å². The quantitative estimate of drug-likeness (QED) is 0.788. The molecule has 6 nitrogen and oxygen atoms in total. The Morgan fingerprint density at radius 2 is 1.72 bits per heavy atom. The number of sulfonamides is 1. The second kappa shape index (κ2) is 8.09. The van der Waals surface area contributed by atoms with Gasteiger partial charge in [-0.15, -0.1) is 0 Å². The molecule has 0 spiro atoms. The van der Waals surface area contributed by atoms with Crippen LogP contribution in [0.1, 0.15) is 18.0 Å². The maximum atomic E-state index is 12.9. The van der Waals surface area contributed by atoms with Gasteiger partial charge in [0.05, 0.1) is 19.4 Å². The number of methoxy groups -OCH3 is 1. The molecule has 0 fully saturated rings. The molecule has 0 saturated heterocycles. The molecule has 134 valence electrons. The Morgan fingerprint density at radius 1 is 1.12 bits per heavy atom. The van der Waals surface area contributed by atoms with Crippen LogP contribution in [0.4, 0.5) is 10.1 Å². The number of carbonyl (C=O) groups is 1. The second-order valence-electron chi connectivity index (χ2n) is 5.47. The van der Waals surface area contributed by atoms with Crippen molar-refractivity contribution in [3.05, 3.63) is 59.9 Å². The molecule has 0 aliphatic heterocycles. The monoisotopic (exact) mass is 366 g/mol. The highest BCUT2D eigenvalue weighted by Gasteiger charge is 2.20. The number of nitrogens with one attached hydrogen (secondary N) is 2. The molecule has 0 aliphatic carbocycles. The highest BCUT2D eigenvalue weighted by Crippen LogP contribution is 2.22. The predicted molar refractivity (Wildman–Crippen MR) is 93.4 cm³/mol. The number of hydrogen-bond acceptors (Lipinski definition) is 4. The maximum absolute atomic E-state index is 12.9. The summed E-state index contributed by atoms with van der Waals surface area (Å²) in [5.41, 5.74) is 1.06. The molecular weight excluding hydrogens is 347 g/mol. The smallest absolute Gasteiger partial charge is 0.226 e. The molecule has 1 atom stereocenters. The Labute approximate surface area is 146 Å². The van der Waals surface area contributed by atoms with E-state index in [1.807, 2.05) is 0 Å². The van der Waals surface area contributed by atoms with Gasteiger partial charge in [-0.05, 0) is 42.0 Å². The Hall–Kier alpha value is -2.45. The molecule has 0 heterocycles. The summed E-state index contributed by atoms with van der Waals surface area (Å²) < 4.78 is 43.6. The number of hydrogen-bond donors (Lipinski definition) is 2. The van der Waals surface area contributed by atoms with Crippen molar-refractivity contribution in [3.63, 3.8) is 0 Å². The van der Waals surface area contributed by atoms with Gasteiger partial charge in [-0.1, -0.05) is 12.1 Å². The Kier molecular flexibility index (Phi) is 6.11. The number of benzene rings is 2. The molecule has 0 aliphatic rings. The largest absolute Gasteiger partial charge is 0.497 e. The predicted octanol–water partition coefficient (Wildman–Crippen LogP) is 2.45. The zero-order valence-corrected chi connectivity index (χ0v) is 14.6. The topological polar surface area (TPSA) is 84.5 Å². The molecule has 2 rings (SSSR count). The lowest BCUT2D eigenvalue weighted by molar-refractivity contribution is -0.116. The lowest BCUT2D eigenvalue weighted by atomic mass is 10.0. The standard InChI is InChI=1S/C17H19FN2O4S/c1-24-15-9-3-12(4-10-15)16(20-25(2,22)23)11-17(21)19-14-7-5-13(18)6-8-14/h3-10,16,20H,11H2,1-2H3,(H,19,21). The maximum Gasteiger partial charge on any atom is 0.226 e. The van der Waals surface area contributed by atoms with Crippen molar-refractivity contribution < 1.29 is 22.3 Å². The van der Waals surface area contributed by atoms with Crippen LogP contribution in [0.25, 0.3) is 0 Å².